The smallest absolute Gasteiger partial charge is 0.406 e. The van der Waals surface area contributed by atoms with Crippen molar-refractivity contribution >= 4 is 22.4 Å². The highest BCUT2D eigenvalue weighted by Gasteiger charge is 2.36. The highest BCUT2D eigenvalue weighted by Crippen LogP contribution is 2.33. The molecule has 2 unspecified atom stereocenters. The van der Waals surface area contributed by atoms with Crippen LogP contribution in [0.1, 0.15) is 18.1 Å². The maximum Gasteiger partial charge on any atom is 0.573 e. The molecular formula is C19H14F6N2O4S. The van der Waals surface area contributed by atoms with Crippen molar-refractivity contribution in [3.05, 3.63) is 53.6 Å². The molecule has 0 aliphatic heterocycles. The molecule has 0 fully saturated rings. The number of nitrogens with one attached hydrogen (secondary N) is 1. The number of ether oxygens (including phenoxy) is 1. The molecule has 2 rings (SSSR count). The summed E-state index contributed by atoms with van der Waals surface area (Å²) in [6.45, 7) is 0.968. The fraction of sp³-hybridized carbons (Fsp3) is 0.263. The van der Waals surface area contributed by atoms with Crippen molar-refractivity contribution < 1.29 is 45.2 Å². The van der Waals surface area contributed by atoms with Crippen molar-refractivity contribution in [3.8, 4) is 11.8 Å². The van der Waals surface area contributed by atoms with Gasteiger partial charge in [-0.1, -0.05) is 0 Å². The lowest BCUT2D eigenvalue weighted by molar-refractivity contribution is -0.274. The van der Waals surface area contributed by atoms with Gasteiger partial charge in [0.15, 0.2) is 5.60 Å². The van der Waals surface area contributed by atoms with E-state index in [9.17, 15) is 40.5 Å². The maximum absolute atomic E-state index is 13.0. The Kier molecular flexibility index (Phi) is 7.21. The van der Waals surface area contributed by atoms with Crippen molar-refractivity contribution in [1.82, 2.24) is 0 Å². The van der Waals surface area contributed by atoms with E-state index in [2.05, 4.69) is 10.1 Å². The van der Waals surface area contributed by atoms with Gasteiger partial charge in [0.1, 0.15) is 5.75 Å². The van der Waals surface area contributed by atoms with E-state index in [0.717, 1.165) is 43.3 Å². The van der Waals surface area contributed by atoms with Gasteiger partial charge in [-0.05, 0) is 49.4 Å². The molecule has 6 nitrogen and oxygen atoms in total. The highest BCUT2D eigenvalue weighted by molar-refractivity contribution is 7.85. The van der Waals surface area contributed by atoms with E-state index in [4.69, 9.17) is 5.26 Å². The van der Waals surface area contributed by atoms with Crippen molar-refractivity contribution in [2.45, 2.75) is 30.0 Å². The lowest BCUT2D eigenvalue weighted by Crippen LogP contribution is -2.44. The molecule has 0 saturated carbocycles. The van der Waals surface area contributed by atoms with Crippen LogP contribution in [0.25, 0.3) is 0 Å². The largest absolute Gasteiger partial charge is 0.573 e. The lowest BCUT2D eigenvalue weighted by Gasteiger charge is -2.22. The Morgan fingerprint density at radius 2 is 1.72 bits per heavy atom. The Morgan fingerprint density at radius 1 is 1.12 bits per heavy atom. The second-order valence-corrected chi connectivity index (χ2v) is 8.06. The summed E-state index contributed by atoms with van der Waals surface area (Å²) in [4.78, 5) is 12.3. The molecule has 0 aliphatic rings. The number of hydrogen-bond donors (Lipinski definition) is 2. The van der Waals surface area contributed by atoms with Gasteiger partial charge in [0.05, 0.1) is 33.7 Å². The van der Waals surface area contributed by atoms with Crippen molar-refractivity contribution in [2.24, 2.45) is 0 Å². The number of hydrogen-bond acceptors (Lipinski definition) is 5. The van der Waals surface area contributed by atoms with Gasteiger partial charge in [0, 0.05) is 10.6 Å². The molecule has 0 spiro atoms. The molecule has 1 amide bonds. The minimum absolute atomic E-state index is 0.0228. The first-order valence-electron chi connectivity index (χ1n) is 8.52. The fourth-order valence-electron chi connectivity index (χ4n) is 2.42. The number of rotatable bonds is 6. The van der Waals surface area contributed by atoms with E-state index in [1.54, 1.807) is 0 Å². The first kappa shape index (κ1) is 25.2. The standard InChI is InChI=1S/C19H14F6N2O4S/c1-17(29,10-32(30)14-6-4-13(5-7-14)31-19(23,24)25)16(28)27-12-3-2-11(9-26)15(8-12)18(20,21)22/h2-8,29H,10H2,1H3,(H,27,28). The predicted octanol–water partition coefficient (Wildman–Crippen LogP) is 3.97. The Morgan fingerprint density at radius 3 is 2.22 bits per heavy atom. The van der Waals surface area contributed by atoms with Crippen LogP contribution in [0, 0.1) is 11.3 Å². The zero-order valence-electron chi connectivity index (χ0n) is 16.0. The summed E-state index contributed by atoms with van der Waals surface area (Å²) < 4.78 is 91.8. The third-order valence-corrected chi connectivity index (χ3v) is 5.55. The second-order valence-electron chi connectivity index (χ2n) is 6.61. The SMILES string of the molecule is CC(O)(CS(=O)c1ccc(OC(F)(F)F)cc1)C(=O)Nc1ccc(C#N)c(C(F)(F)F)c1. The Balaban J connectivity index is 2.12. The summed E-state index contributed by atoms with van der Waals surface area (Å²) in [5.41, 5.74) is -4.64. The average Bonchev–Trinajstić information content (AvgIpc) is 2.66. The van der Waals surface area contributed by atoms with E-state index >= 15 is 0 Å². The maximum atomic E-state index is 13.0. The third kappa shape index (κ3) is 6.69. The molecule has 0 heterocycles. The summed E-state index contributed by atoms with van der Waals surface area (Å²) in [6.07, 6.45) is -9.78. The van der Waals surface area contributed by atoms with Gasteiger partial charge in [-0.15, -0.1) is 13.2 Å². The van der Waals surface area contributed by atoms with Crippen LogP contribution < -0.4 is 10.1 Å². The quantitative estimate of drug-likeness (QED) is 0.610. The Bertz CT molecular complexity index is 1060. The molecule has 13 heteroatoms. The Hall–Kier alpha value is -3.11. The van der Waals surface area contributed by atoms with Gasteiger partial charge in [0.2, 0.25) is 0 Å². The van der Waals surface area contributed by atoms with Crippen LogP contribution in [-0.4, -0.2) is 32.9 Å². The summed E-state index contributed by atoms with van der Waals surface area (Å²) in [5.74, 6) is -2.45. The third-order valence-electron chi connectivity index (χ3n) is 3.92. The number of nitrogens with zero attached hydrogens (tertiary/aromatic N) is 1. The van der Waals surface area contributed by atoms with E-state index in [0.29, 0.717) is 6.07 Å². The van der Waals surface area contributed by atoms with Crippen LogP contribution in [0.5, 0.6) is 5.75 Å². The summed E-state index contributed by atoms with van der Waals surface area (Å²) in [6, 6.07) is 7.64. The molecule has 0 radical (unpaired) electrons. The van der Waals surface area contributed by atoms with Gasteiger partial charge in [-0.3, -0.25) is 9.00 Å². The monoisotopic (exact) mass is 480 g/mol. The number of benzene rings is 2. The molecule has 2 aromatic carbocycles. The summed E-state index contributed by atoms with van der Waals surface area (Å²) in [7, 11) is -2.06. The van der Waals surface area contributed by atoms with Gasteiger partial charge >= 0.3 is 12.5 Å². The normalized spacial score (nSPS) is 14.7. The fourth-order valence-corrected chi connectivity index (χ4v) is 3.66. The molecule has 0 aromatic heterocycles. The molecular weight excluding hydrogens is 466 g/mol. The summed E-state index contributed by atoms with van der Waals surface area (Å²) in [5, 5.41) is 21.2. The van der Waals surface area contributed by atoms with Crippen LogP contribution in [0.3, 0.4) is 0 Å². The van der Waals surface area contributed by atoms with E-state index in [1.807, 2.05) is 0 Å². The molecule has 0 bridgehead atoms. The second kappa shape index (κ2) is 9.17. The van der Waals surface area contributed by atoms with Gasteiger partial charge in [0.25, 0.3) is 5.91 Å². The number of anilines is 1. The zero-order valence-corrected chi connectivity index (χ0v) is 16.9. The van der Waals surface area contributed by atoms with Crippen LogP contribution >= 0.6 is 0 Å². The van der Waals surface area contributed by atoms with Gasteiger partial charge in [-0.25, -0.2) is 0 Å². The summed E-state index contributed by atoms with van der Waals surface area (Å²) >= 11 is 0. The number of carbonyl (C=O) groups is 1. The van der Waals surface area contributed by atoms with Crippen LogP contribution in [0.4, 0.5) is 32.0 Å². The van der Waals surface area contributed by atoms with E-state index in [-0.39, 0.29) is 10.6 Å². The lowest BCUT2D eigenvalue weighted by atomic mass is 10.1. The zero-order chi connectivity index (χ0) is 24.3. The molecule has 2 atom stereocenters. The van der Waals surface area contributed by atoms with Gasteiger partial charge < -0.3 is 15.2 Å². The van der Waals surface area contributed by atoms with Crippen molar-refractivity contribution in [3.63, 3.8) is 0 Å². The first-order valence-corrected chi connectivity index (χ1v) is 9.83. The van der Waals surface area contributed by atoms with Crippen LogP contribution in [-0.2, 0) is 21.8 Å². The first-order chi connectivity index (χ1) is 14.6. The van der Waals surface area contributed by atoms with E-state index < -0.39 is 57.5 Å². The number of aliphatic hydroxyl groups is 1. The molecule has 2 N–H and O–H groups in total. The number of alkyl halides is 6. The molecule has 0 aliphatic carbocycles. The topological polar surface area (TPSA) is 99.4 Å². The molecule has 32 heavy (non-hydrogen) atoms. The average molecular weight is 480 g/mol. The van der Waals surface area contributed by atoms with Gasteiger partial charge in [-0.2, -0.15) is 18.4 Å². The highest BCUT2D eigenvalue weighted by atomic mass is 32.2. The molecule has 2 aromatic rings. The van der Waals surface area contributed by atoms with E-state index in [1.165, 1.54) is 6.07 Å². The predicted molar refractivity (Wildman–Crippen MR) is 99.8 cm³/mol. The van der Waals surface area contributed by atoms with Crippen LogP contribution in [0.2, 0.25) is 0 Å². The molecule has 0 saturated heterocycles. The Labute approximate surface area is 179 Å². The van der Waals surface area contributed by atoms with Crippen molar-refractivity contribution in [2.75, 3.05) is 11.1 Å². The molecule has 172 valence electrons. The van der Waals surface area contributed by atoms with Crippen molar-refractivity contribution in [1.29, 1.82) is 5.26 Å². The van der Waals surface area contributed by atoms with Crippen LogP contribution in [0.15, 0.2) is 47.4 Å². The minimum Gasteiger partial charge on any atom is -0.406 e. The number of amides is 1. The number of nitriles is 1. The minimum atomic E-state index is -4.92. The number of carbonyl (C=O) groups excluding carboxylic acids is 1. The number of halogens is 6.